The van der Waals surface area contributed by atoms with Crippen molar-refractivity contribution < 1.29 is 4.74 Å². The molecule has 0 radical (unpaired) electrons. The molecule has 1 saturated heterocycles. The molecule has 2 heteroatoms. The third-order valence-corrected chi connectivity index (χ3v) is 1.33. The highest BCUT2D eigenvalue weighted by atomic mass is 16.5. The second kappa shape index (κ2) is 2.46. The van der Waals surface area contributed by atoms with Crippen molar-refractivity contribution in [2.45, 2.75) is 26.1 Å². The van der Waals surface area contributed by atoms with Gasteiger partial charge in [0.2, 0.25) is 0 Å². The fraction of sp³-hybridized carbons (Fsp3) is 1.00. The Morgan fingerprint density at radius 3 is 2.00 bits per heavy atom. The minimum Gasteiger partial charge on any atom is -0.373 e. The molecule has 2 nitrogen and oxygen atoms in total. The molecule has 1 aliphatic rings. The van der Waals surface area contributed by atoms with Crippen molar-refractivity contribution in [2.75, 3.05) is 13.1 Å². The van der Waals surface area contributed by atoms with Crippen LogP contribution in [0.1, 0.15) is 13.8 Å². The first kappa shape index (κ1) is 6.05. The van der Waals surface area contributed by atoms with Crippen molar-refractivity contribution >= 4 is 0 Å². The molecule has 1 rings (SSSR count). The highest BCUT2D eigenvalue weighted by Crippen LogP contribution is 2.00. The maximum Gasteiger partial charge on any atom is 0.0675 e. The first-order valence-electron chi connectivity index (χ1n) is 3.15. The van der Waals surface area contributed by atoms with Crippen molar-refractivity contribution in [3.63, 3.8) is 0 Å². The van der Waals surface area contributed by atoms with Crippen LogP contribution in [0.2, 0.25) is 0 Å². The van der Waals surface area contributed by atoms with Crippen LogP contribution in [-0.4, -0.2) is 25.3 Å². The van der Waals surface area contributed by atoms with Crippen molar-refractivity contribution in [3.8, 4) is 0 Å². The molecule has 0 saturated carbocycles. The summed E-state index contributed by atoms with van der Waals surface area (Å²) >= 11 is 0. The minimum atomic E-state index is 0.402. The standard InChI is InChI=1S/C6H13NO/c1-5-3-7-4-6(2)8-5/h5-7H,3-4H2,1-2H3/t5-,6?/m0/s1. The van der Waals surface area contributed by atoms with Gasteiger partial charge in [0.1, 0.15) is 0 Å². The molecule has 1 heterocycles. The molecular weight excluding hydrogens is 102 g/mol. The molecule has 0 amide bonds. The Morgan fingerprint density at radius 2 is 1.75 bits per heavy atom. The molecule has 0 aromatic carbocycles. The number of morpholine rings is 1. The second-order valence-corrected chi connectivity index (χ2v) is 2.42. The summed E-state index contributed by atoms with van der Waals surface area (Å²) in [5.41, 5.74) is 0. The van der Waals surface area contributed by atoms with E-state index in [2.05, 4.69) is 19.2 Å². The second-order valence-electron chi connectivity index (χ2n) is 2.42. The van der Waals surface area contributed by atoms with Crippen LogP contribution < -0.4 is 5.32 Å². The minimum absolute atomic E-state index is 0.402. The predicted molar refractivity (Wildman–Crippen MR) is 32.9 cm³/mol. The summed E-state index contributed by atoms with van der Waals surface area (Å²) in [6, 6.07) is 0. The molecule has 1 N–H and O–H groups in total. The highest BCUT2D eigenvalue weighted by Gasteiger charge is 2.12. The Kier molecular flexibility index (Phi) is 1.86. The van der Waals surface area contributed by atoms with Crippen molar-refractivity contribution in [2.24, 2.45) is 0 Å². The Labute approximate surface area is 50.2 Å². The summed E-state index contributed by atoms with van der Waals surface area (Å²) < 4.78 is 5.42. The lowest BCUT2D eigenvalue weighted by atomic mass is 10.3. The molecule has 1 aliphatic heterocycles. The number of nitrogens with one attached hydrogen (secondary N) is 1. The Hall–Kier alpha value is -0.0800. The van der Waals surface area contributed by atoms with Crippen LogP contribution in [0, 0.1) is 0 Å². The summed E-state index contributed by atoms with van der Waals surface area (Å²) in [4.78, 5) is 0. The summed E-state index contributed by atoms with van der Waals surface area (Å²) in [6.45, 7) is 6.18. The molecule has 8 heavy (non-hydrogen) atoms. The van der Waals surface area contributed by atoms with Gasteiger partial charge in [-0.2, -0.15) is 0 Å². The fourth-order valence-corrected chi connectivity index (χ4v) is 0.983. The van der Waals surface area contributed by atoms with E-state index in [9.17, 15) is 0 Å². The molecule has 48 valence electrons. The van der Waals surface area contributed by atoms with E-state index in [4.69, 9.17) is 4.74 Å². The zero-order chi connectivity index (χ0) is 5.98. The third-order valence-electron chi connectivity index (χ3n) is 1.33. The van der Waals surface area contributed by atoms with Crippen LogP contribution in [0.3, 0.4) is 0 Å². The van der Waals surface area contributed by atoms with Gasteiger partial charge < -0.3 is 10.1 Å². The number of hydrogen-bond donors (Lipinski definition) is 1. The normalized spacial score (nSPS) is 39.8. The Morgan fingerprint density at radius 1 is 1.25 bits per heavy atom. The van der Waals surface area contributed by atoms with Gasteiger partial charge in [-0.1, -0.05) is 0 Å². The summed E-state index contributed by atoms with van der Waals surface area (Å²) in [5, 5.41) is 3.26. The average Bonchev–Trinajstić information content (AvgIpc) is 1.64. The summed E-state index contributed by atoms with van der Waals surface area (Å²) in [5.74, 6) is 0. The van der Waals surface area contributed by atoms with Crippen molar-refractivity contribution in [1.82, 2.24) is 5.32 Å². The number of rotatable bonds is 0. The van der Waals surface area contributed by atoms with E-state index in [-0.39, 0.29) is 0 Å². The monoisotopic (exact) mass is 115 g/mol. The Balaban J connectivity index is 2.23. The molecule has 2 atom stereocenters. The van der Waals surface area contributed by atoms with Crippen LogP contribution >= 0.6 is 0 Å². The molecule has 1 unspecified atom stereocenters. The number of ether oxygens (including phenoxy) is 1. The van der Waals surface area contributed by atoms with Gasteiger partial charge in [0.25, 0.3) is 0 Å². The third kappa shape index (κ3) is 1.46. The lowest BCUT2D eigenvalue weighted by Gasteiger charge is -2.25. The lowest BCUT2D eigenvalue weighted by molar-refractivity contribution is -0.0166. The van der Waals surface area contributed by atoms with Gasteiger partial charge in [-0.3, -0.25) is 0 Å². The van der Waals surface area contributed by atoms with Crippen LogP contribution in [0.5, 0.6) is 0 Å². The van der Waals surface area contributed by atoms with Gasteiger partial charge in [-0.15, -0.1) is 0 Å². The zero-order valence-electron chi connectivity index (χ0n) is 5.48. The molecular formula is C6H13NO. The molecule has 0 aliphatic carbocycles. The Bertz CT molecular complexity index is 66.9. The van der Waals surface area contributed by atoms with Gasteiger partial charge in [0.05, 0.1) is 12.2 Å². The van der Waals surface area contributed by atoms with Crippen LogP contribution in [0.4, 0.5) is 0 Å². The predicted octanol–water partition coefficient (Wildman–Crippen LogP) is 0.383. The van der Waals surface area contributed by atoms with E-state index in [0.29, 0.717) is 12.2 Å². The first-order valence-corrected chi connectivity index (χ1v) is 3.15. The molecule has 0 bridgehead atoms. The van der Waals surface area contributed by atoms with E-state index in [1.54, 1.807) is 0 Å². The maximum atomic E-state index is 5.42. The topological polar surface area (TPSA) is 21.3 Å². The maximum absolute atomic E-state index is 5.42. The van der Waals surface area contributed by atoms with E-state index in [1.165, 1.54) is 0 Å². The number of hydrogen-bond acceptors (Lipinski definition) is 2. The average molecular weight is 115 g/mol. The highest BCUT2D eigenvalue weighted by molar-refractivity contribution is 4.66. The van der Waals surface area contributed by atoms with E-state index in [0.717, 1.165) is 13.1 Å². The molecule has 0 aromatic rings. The summed E-state index contributed by atoms with van der Waals surface area (Å²) in [6.07, 6.45) is 0.803. The fourth-order valence-electron chi connectivity index (χ4n) is 0.983. The van der Waals surface area contributed by atoms with Crippen LogP contribution in [-0.2, 0) is 4.74 Å². The lowest BCUT2D eigenvalue weighted by Crippen LogP contribution is -2.41. The smallest absolute Gasteiger partial charge is 0.0675 e. The van der Waals surface area contributed by atoms with Gasteiger partial charge in [0, 0.05) is 13.1 Å². The van der Waals surface area contributed by atoms with E-state index < -0.39 is 0 Å². The van der Waals surface area contributed by atoms with E-state index in [1.807, 2.05) is 0 Å². The van der Waals surface area contributed by atoms with E-state index >= 15 is 0 Å². The quantitative estimate of drug-likeness (QED) is 0.493. The first-order chi connectivity index (χ1) is 3.79. The summed E-state index contributed by atoms with van der Waals surface area (Å²) in [7, 11) is 0. The molecule has 0 aromatic heterocycles. The van der Waals surface area contributed by atoms with Gasteiger partial charge >= 0.3 is 0 Å². The molecule has 0 spiro atoms. The van der Waals surface area contributed by atoms with Crippen LogP contribution in [0.25, 0.3) is 0 Å². The van der Waals surface area contributed by atoms with Crippen molar-refractivity contribution in [1.29, 1.82) is 0 Å². The SMILES string of the molecule is CC1CNC[C@H](C)O1. The zero-order valence-corrected chi connectivity index (χ0v) is 5.48. The van der Waals surface area contributed by atoms with Gasteiger partial charge in [-0.25, -0.2) is 0 Å². The molecule has 1 fully saturated rings. The van der Waals surface area contributed by atoms with Gasteiger partial charge in [-0.05, 0) is 13.8 Å². The largest absolute Gasteiger partial charge is 0.373 e. The van der Waals surface area contributed by atoms with Crippen molar-refractivity contribution in [3.05, 3.63) is 0 Å². The van der Waals surface area contributed by atoms with Gasteiger partial charge in [0.15, 0.2) is 0 Å². The van der Waals surface area contributed by atoms with Crippen LogP contribution in [0.15, 0.2) is 0 Å².